The van der Waals surface area contributed by atoms with Gasteiger partial charge in [0.1, 0.15) is 17.4 Å². The summed E-state index contributed by atoms with van der Waals surface area (Å²) >= 11 is 1.46. The Balaban J connectivity index is 1.22. The van der Waals surface area contributed by atoms with Gasteiger partial charge < -0.3 is 23.3 Å². The predicted octanol–water partition coefficient (Wildman–Crippen LogP) is 3.46. The molecular weight excluding hydrogens is 382 g/mol. The van der Waals surface area contributed by atoms with Crippen molar-refractivity contribution in [1.82, 2.24) is 15.0 Å². The normalized spacial score (nSPS) is 14.2. The van der Waals surface area contributed by atoms with Gasteiger partial charge in [-0.25, -0.2) is 0 Å². The number of fused-ring (bicyclic) bond motifs is 1. The van der Waals surface area contributed by atoms with Gasteiger partial charge in [-0.1, -0.05) is 22.6 Å². The highest BCUT2D eigenvalue weighted by molar-refractivity contribution is 7.20. The number of furan rings is 1. The highest BCUT2D eigenvalue weighted by atomic mass is 32.1. The van der Waals surface area contributed by atoms with Crippen molar-refractivity contribution >= 4 is 27.5 Å². The first-order valence-corrected chi connectivity index (χ1v) is 9.43. The van der Waals surface area contributed by atoms with Crippen LogP contribution in [0.25, 0.3) is 21.7 Å². The molecule has 1 aliphatic heterocycles. The van der Waals surface area contributed by atoms with E-state index in [-0.39, 0.29) is 17.7 Å². The fourth-order valence-corrected chi connectivity index (χ4v) is 3.91. The third kappa shape index (κ3) is 2.89. The molecule has 9 heteroatoms. The molecule has 8 nitrogen and oxygen atoms in total. The molecule has 0 aliphatic carbocycles. The van der Waals surface area contributed by atoms with E-state index in [0.29, 0.717) is 35.6 Å². The molecule has 1 aromatic carbocycles. The minimum absolute atomic E-state index is 0.105. The lowest BCUT2D eigenvalue weighted by molar-refractivity contribution is 0.0170. The van der Waals surface area contributed by atoms with Gasteiger partial charge in [-0.15, -0.1) is 0 Å². The molecule has 142 valence electrons. The number of aromatic nitrogens is 2. The number of hydrogen-bond donors (Lipinski definition) is 0. The van der Waals surface area contributed by atoms with Gasteiger partial charge in [0.05, 0.1) is 31.2 Å². The summed E-state index contributed by atoms with van der Waals surface area (Å²) in [6.45, 7) is 0.934. The summed E-state index contributed by atoms with van der Waals surface area (Å²) in [5.74, 6) is 1.47. The van der Waals surface area contributed by atoms with Crippen molar-refractivity contribution in [3.8, 4) is 22.5 Å². The Kier molecular flexibility index (Phi) is 4.01. The highest BCUT2D eigenvalue weighted by Gasteiger charge is 2.35. The van der Waals surface area contributed by atoms with Crippen molar-refractivity contribution in [2.75, 3.05) is 20.2 Å². The smallest absolute Gasteiger partial charge is 0.276 e. The number of hydrogen-bond acceptors (Lipinski definition) is 8. The van der Waals surface area contributed by atoms with E-state index in [1.165, 1.54) is 17.6 Å². The molecule has 0 spiro atoms. The van der Waals surface area contributed by atoms with E-state index in [2.05, 4.69) is 10.1 Å². The molecule has 3 aromatic heterocycles. The van der Waals surface area contributed by atoms with Crippen LogP contribution in [-0.2, 0) is 0 Å². The Morgan fingerprint density at radius 3 is 2.93 bits per heavy atom. The van der Waals surface area contributed by atoms with Crippen molar-refractivity contribution < 1.29 is 23.2 Å². The van der Waals surface area contributed by atoms with Crippen LogP contribution in [0.4, 0.5) is 0 Å². The van der Waals surface area contributed by atoms with Crippen molar-refractivity contribution in [3.05, 3.63) is 48.4 Å². The molecule has 0 bridgehead atoms. The maximum atomic E-state index is 12.5. The van der Waals surface area contributed by atoms with Crippen LogP contribution < -0.4 is 9.47 Å². The number of methoxy groups -OCH3 is 1. The molecule has 1 saturated heterocycles. The Labute approximate surface area is 163 Å². The topological polar surface area (TPSA) is 90.8 Å². The van der Waals surface area contributed by atoms with Crippen molar-refractivity contribution in [2.24, 2.45) is 0 Å². The molecule has 1 amide bonds. The van der Waals surface area contributed by atoms with Gasteiger partial charge >= 0.3 is 0 Å². The number of rotatable bonds is 5. The summed E-state index contributed by atoms with van der Waals surface area (Å²) in [5, 5.41) is 4.41. The van der Waals surface area contributed by atoms with Gasteiger partial charge in [0.25, 0.3) is 11.1 Å². The van der Waals surface area contributed by atoms with Gasteiger partial charge in [-0.3, -0.25) is 4.79 Å². The van der Waals surface area contributed by atoms with Crippen molar-refractivity contribution in [2.45, 2.75) is 6.10 Å². The molecule has 1 fully saturated rings. The zero-order valence-electron chi connectivity index (χ0n) is 14.8. The van der Waals surface area contributed by atoms with Crippen LogP contribution in [0.1, 0.15) is 10.5 Å². The molecule has 5 rings (SSSR count). The molecule has 0 radical (unpaired) electrons. The number of thiazole rings is 1. The standard InChI is InChI=1S/C19H15N3O5S/c1-24-14-4-2-6-16-17(14)20-19(28-16)26-11-9-22(10-11)18(23)12-8-15(27-21-12)13-5-3-7-25-13/h2-8,11H,9-10H2,1H3. The molecular formula is C19H15N3O5S. The second kappa shape index (κ2) is 6.68. The minimum Gasteiger partial charge on any atom is -0.494 e. The maximum Gasteiger partial charge on any atom is 0.276 e. The molecule has 4 aromatic rings. The van der Waals surface area contributed by atoms with E-state index < -0.39 is 0 Å². The Bertz CT molecular complexity index is 1130. The molecule has 0 N–H and O–H groups in total. The van der Waals surface area contributed by atoms with Crippen molar-refractivity contribution in [1.29, 1.82) is 0 Å². The molecule has 1 aliphatic rings. The summed E-state index contributed by atoms with van der Waals surface area (Å²) in [7, 11) is 1.62. The lowest BCUT2D eigenvalue weighted by Gasteiger charge is -2.37. The zero-order chi connectivity index (χ0) is 19.1. The second-order valence-electron chi connectivity index (χ2n) is 6.29. The van der Waals surface area contributed by atoms with Crippen molar-refractivity contribution in [3.63, 3.8) is 0 Å². The fraction of sp³-hybridized carbons (Fsp3) is 0.211. The molecule has 0 saturated carbocycles. The van der Waals surface area contributed by atoms with Crippen LogP contribution >= 0.6 is 11.3 Å². The Morgan fingerprint density at radius 1 is 1.25 bits per heavy atom. The third-order valence-corrected chi connectivity index (χ3v) is 5.39. The number of carbonyl (C=O) groups excluding carboxylic acids is 1. The average molecular weight is 397 g/mol. The summed E-state index contributed by atoms with van der Waals surface area (Å²) in [6, 6.07) is 10.8. The van der Waals surface area contributed by atoms with E-state index in [4.69, 9.17) is 18.4 Å². The van der Waals surface area contributed by atoms with Gasteiger partial charge in [0, 0.05) is 6.07 Å². The maximum absolute atomic E-state index is 12.5. The van der Waals surface area contributed by atoms with Gasteiger partial charge in [-0.2, -0.15) is 4.98 Å². The first-order valence-electron chi connectivity index (χ1n) is 8.61. The first kappa shape index (κ1) is 16.8. The Morgan fingerprint density at radius 2 is 2.14 bits per heavy atom. The van der Waals surface area contributed by atoms with E-state index in [1.807, 2.05) is 18.2 Å². The molecule has 4 heterocycles. The predicted molar refractivity (Wildman–Crippen MR) is 101 cm³/mol. The monoisotopic (exact) mass is 397 g/mol. The fourth-order valence-electron chi connectivity index (χ4n) is 3.01. The van der Waals surface area contributed by atoms with Crippen LogP contribution in [0.5, 0.6) is 10.9 Å². The first-order chi connectivity index (χ1) is 13.7. The Hall–Kier alpha value is -3.33. The van der Waals surface area contributed by atoms with Crippen LogP contribution in [0.3, 0.4) is 0 Å². The summed E-state index contributed by atoms with van der Waals surface area (Å²) in [4.78, 5) is 18.7. The molecule has 0 atom stereocenters. The lowest BCUT2D eigenvalue weighted by Crippen LogP contribution is -2.56. The van der Waals surface area contributed by atoms with E-state index in [1.54, 1.807) is 30.2 Å². The number of carbonyl (C=O) groups is 1. The molecule has 0 unspecified atom stereocenters. The van der Waals surface area contributed by atoms with Crippen LogP contribution in [0.2, 0.25) is 0 Å². The number of benzene rings is 1. The third-order valence-electron chi connectivity index (χ3n) is 4.48. The number of likely N-dealkylation sites (tertiary alicyclic amines) is 1. The highest BCUT2D eigenvalue weighted by Crippen LogP contribution is 2.34. The van der Waals surface area contributed by atoms with Gasteiger partial charge in [0.2, 0.25) is 5.76 Å². The number of amides is 1. The lowest BCUT2D eigenvalue weighted by atomic mass is 10.1. The number of ether oxygens (including phenoxy) is 2. The van der Waals surface area contributed by atoms with Crippen LogP contribution in [0.15, 0.2) is 51.6 Å². The minimum atomic E-state index is -0.202. The zero-order valence-corrected chi connectivity index (χ0v) is 15.6. The largest absolute Gasteiger partial charge is 0.494 e. The quantitative estimate of drug-likeness (QED) is 0.509. The second-order valence-corrected chi connectivity index (χ2v) is 7.28. The van der Waals surface area contributed by atoms with E-state index in [0.717, 1.165) is 10.2 Å². The van der Waals surface area contributed by atoms with Crippen LogP contribution in [-0.4, -0.2) is 47.3 Å². The van der Waals surface area contributed by atoms with Gasteiger partial charge in [-0.05, 0) is 24.3 Å². The number of para-hydroxylation sites is 1. The van der Waals surface area contributed by atoms with E-state index in [9.17, 15) is 4.79 Å². The number of nitrogens with zero attached hydrogens (tertiary/aromatic N) is 3. The summed E-state index contributed by atoms with van der Waals surface area (Å²) in [6.07, 6.45) is 1.43. The van der Waals surface area contributed by atoms with Crippen LogP contribution in [0, 0.1) is 0 Å². The van der Waals surface area contributed by atoms with E-state index >= 15 is 0 Å². The SMILES string of the molecule is COc1cccc2sc(OC3CN(C(=O)c4cc(-c5ccco5)on4)C3)nc12. The summed E-state index contributed by atoms with van der Waals surface area (Å²) < 4.78 is 22.7. The summed E-state index contributed by atoms with van der Waals surface area (Å²) in [5.41, 5.74) is 1.03. The van der Waals surface area contributed by atoms with Gasteiger partial charge in [0.15, 0.2) is 11.5 Å². The average Bonchev–Trinajstić information content (AvgIpc) is 3.42. The molecule has 28 heavy (non-hydrogen) atoms.